The number of ether oxygens (including phenoxy) is 1. The van der Waals surface area contributed by atoms with Crippen molar-refractivity contribution in [2.75, 3.05) is 12.8 Å². The highest BCUT2D eigenvalue weighted by molar-refractivity contribution is 7.15. The first-order valence-electron chi connectivity index (χ1n) is 5.51. The molecule has 0 amide bonds. The average molecular weight is 294 g/mol. The smallest absolute Gasteiger partial charge is 0.323 e. The molecule has 1 rings (SSSR count). The zero-order chi connectivity index (χ0) is 13.0. The Kier molecular flexibility index (Phi) is 7.20. The molecule has 7 heteroatoms. The van der Waals surface area contributed by atoms with E-state index in [9.17, 15) is 4.79 Å². The van der Waals surface area contributed by atoms with Gasteiger partial charge in [0.25, 0.3) is 0 Å². The van der Waals surface area contributed by atoms with Crippen molar-refractivity contribution in [3.8, 4) is 0 Å². The van der Waals surface area contributed by atoms with Crippen molar-refractivity contribution in [2.45, 2.75) is 39.5 Å². The summed E-state index contributed by atoms with van der Waals surface area (Å²) in [5.74, 6) is -0.208. The molecule has 1 unspecified atom stereocenters. The van der Waals surface area contributed by atoms with Gasteiger partial charge in [-0.2, -0.15) is 0 Å². The summed E-state index contributed by atoms with van der Waals surface area (Å²) >= 11 is 1.43. The van der Waals surface area contributed by atoms with E-state index in [0.717, 1.165) is 4.88 Å². The van der Waals surface area contributed by atoms with Crippen molar-refractivity contribution < 1.29 is 9.53 Å². The van der Waals surface area contributed by atoms with Crippen LogP contribution in [-0.4, -0.2) is 35.0 Å². The fourth-order valence-corrected chi connectivity index (χ4v) is 2.04. The second kappa shape index (κ2) is 7.56. The lowest BCUT2D eigenvalue weighted by atomic mass is 10.3. The summed E-state index contributed by atoms with van der Waals surface area (Å²) in [6, 6.07) is -0.277. The van der Waals surface area contributed by atoms with Gasteiger partial charge in [0.15, 0.2) is 5.13 Å². The van der Waals surface area contributed by atoms with E-state index in [1.165, 1.54) is 11.3 Å². The first-order chi connectivity index (χ1) is 7.90. The van der Waals surface area contributed by atoms with E-state index in [4.69, 9.17) is 10.5 Å². The number of thiazole rings is 1. The van der Waals surface area contributed by atoms with Crippen molar-refractivity contribution in [2.24, 2.45) is 0 Å². The first kappa shape index (κ1) is 17.2. The molecule has 1 aromatic heterocycles. The van der Waals surface area contributed by atoms with E-state index in [1.807, 2.05) is 32.7 Å². The summed E-state index contributed by atoms with van der Waals surface area (Å²) in [6.07, 6.45) is 1.65. The number of esters is 1. The van der Waals surface area contributed by atoms with Crippen LogP contribution >= 0.6 is 23.7 Å². The van der Waals surface area contributed by atoms with Crippen LogP contribution in [-0.2, 0) is 16.1 Å². The van der Waals surface area contributed by atoms with Gasteiger partial charge in [0.05, 0.1) is 6.10 Å². The van der Waals surface area contributed by atoms with Crippen molar-refractivity contribution in [1.82, 2.24) is 9.88 Å². The van der Waals surface area contributed by atoms with E-state index in [-0.39, 0.29) is 30.5 Å². The zero-order valence-electron chi connectivity index (χ0n) is 11.0. The van der Waals surface area contributed by atoms with Gasteiger partial charge in [-0.25, -0.2) is 4.98 Å². The van der Waals surface area contributed by atoms with Gasteiger partial charge in [0.2, 0.25) is 0 Å². The van der Waals surface area contributed by atoms with Crippen LogP contribution in [0.5, 0.6) is 0 Å². The Balaban J connectivity index is 0.00000289. The van der Waals surface area contributed by atoms with Crippen LogP contribution in [0.2, 0.25) is 0 Å². The maximum Gasteiger partial charge on any atom is 0.323 e. The Labute approximate surface area is 118 Å². The number of hydrogen-bond acceptors (Lipinski definition) is 6. The second-order valence-electron chi connectivity index (χ2n) is 4.24. The topological polar surface area (TPSA) is 68.5 Å². The quantitative estimate of drug-likeness (QED) is 0.840. The monoisotopic (exact) mass is 293 g/mol. The molecule has 1 atom stereocenters. The molecule has 0 radical (unpaired) electrons. The lowest BCUT2D eigenvalue weighted by Crippen LogP contribution is -2.37. The fourth-order valence-electron chi connectivity index (χ4n) is 1.29. The molecular weight excluding hydrogens is 274 g/mol. The number of carbonyl (C=O) groups excluding carboxylic acids is 1. The average Bonchev–Trinajstić information content (AvgIpc) is 2.61. The Morgan fingerprint density at radius 2 is 2.17 bits per heavy atom. The summed E-state index contributed by atoms with van der Waals surface area (Å²) in [6.45, 7) is 6.15. The number of anilines is 1. The zero-order valence-corrected chi connectivity index (χ0v) is 12.7. The SMILES string of the molecule is CC(C)OC(=O)C(C)N(C)Cc1cnc(N)s1.Cl. The molecule has 0 saturated carbocycles. The molecular formula is C11H20ClN3O2S. The summed E-state index contributed by atoms with van der Waals surface area (Å²) in [7, 11) is 1.88. The molecule has 0 aliphatic rings. The maximum atomic E-state index is 11.7. The Hall–Kier alpha value is -0.850. The van der Waals surface area contributed by atoms with Gasteiger partial charge in [-0.3, -0.25) is 9.69 Å². The number of halogens is 1. The predicted molar refractivity (Wildman–Crippen MR) is 75.9 cm³/mol. The highest BCUT2D eigenvalue weighted by Crippen LogP contribution is 2.17. The molecule has 104 valence electrons. The van der Waals surface area contributed by atoms with Gasteiger partial charge >= 0.3 is 5.97 Å². The van der Waals surface area contributed by atoms with Crippen LogP contribution in [0.4, 0.5) is 5.13 Å². The molecule has 0 saturated heterocycles. The number of nitrogen functional groups attached to an aromatic ring is 1. The van der Waals surface area contributed by atoms with Gasteiger partial charge in [-0.1, -0.05) is 0 Å². The fraction of sp³-hybridized carbons (Fsp3) is 0.636. The van der Waals surface area contributed by atoms with Crippen molar-refractivity contribution in [3.63, 3.8) is 0 Å². The van der Waals surface area contributed by atoms with E-state index in [2.05, 4.69) is 4.98 Å². The molecule has 0 aliphatic carbocycles. The highest BCUT2D eigenvalue weighted by Gasteiger charge is 2.21. The largest absolute Gasteiger partial charge is 0.462 e. The summed E-state index contributed by atoms with van der Waals surface area (Å²) in [5.41, 5.74) is 5.55. The van der Waals surface area contributed by atoms with Gasteiger partial charge in [-0.15, -0.1) is 23.7 Å². The van der Waals surface area contributed by atoms with E-state index >= 15 is 0 Å². The van der Waals surface area contributed by atoms with Crippen LogP contribution in [0.3, 0.4) is 0 Å². The van der Waals surface area contributed by atoms with Crippen LogP contribution in [0, 0.1) is 0 Å². The normalized spacial score (nSPS) is 12.3. The number of carbonyl (C=O) groups is 1. The van der Waals surface area contributed by atoms with E-state index in [0.29, 0.717) is 11.7 Å². The number of hydrogen-bond donors (Lipinski definition) is 1. The molecule has 2 N–H and O–H groups in total. The first-order valence-corrected chi connectivity index (χ1v) is 6.32. The van der Waals surface area contributed by atoms with Crippen molar-refractivity contribution in [1.29, 1.82) is 0 Å². The maximum absolute atomic E-state index is 11.7. The van der Waals surface area contributed by atoms with Gasteiger partial charge in [0.1, 0.15) is 6.04 Å². The van der Waals surface area contributed by atoms with E-state index in [1.54, 1.807) is 6.20 Å². The molecule has 0 bridgehead atoms. The van der Waals surface area contributed by atoms with Gasteiger partial charge in [0, 0.05) is 17.6 Å². The standard InChI is InChI=1S/C11H19N3O2S.ClH/c1-7(2)16-10(15)8(3)14(4)6-9-5-13-11(12)17-9;/h5,7-8H,6H2,1-4H3,(H2,12,13);1H. The summed E-state index contributed by atoms with van der Waals surface area (Å²) in [5, 5.41) is 0.547. The van der Waals surface area contributed by atoms with Crippen LogP contribution < -0.4 is 5.73 Å². The van der Waals surface area contributed by atoms with E-state index < -0.39 is 0 Å². The van der Waals surface area contributed by atoms with Crippen LogP contribution in [0.15, 0.2) is 6.20 Å². The Bertz CT molecular complexity index is 384. The Morgan fingerprint density at radius 1 is 1.56 bits per heavy atom. The number of likely N-dealkylation sites (N-methyl/N-ethyl adjacent to an activating group) is 1. The molecule has 0 aliphatic heterocycles. The highest BCUT2D eigenvalue weighted by atomic mass is 35.5. The van der Waals surface area contributed by atoms with Crippen LogP contribution in [0.1, 0.15) is 25.6 Å². The second-order valence-corrected chi connectivity index (χ2v) is 5.39. The third-order valence-corrected chi connectivity index (χ3v) is 3.14. The lowest BCUT2D eigenvalue weighted by molar-refractivity contribution is -0.152. The third kappa shape index (κ3) is 5.20. The molecule has 0 fully saturated rings. The summed E-state index contributed by atoms with van der Waals surface area (Å²) in [4.78, 5) is 18.6. The number of nitrogens with two attached hydrogens (primary N) is 1. The molecule has 0 spiro atoms. The minimum atomic E-state index is -0.277. The van der Waals surface area contributed by atoms with Crippen molar-refractivity contribution in [3.05, 3.63) is 11.1 Å². The molecule has 1 aromatic rings. The number of aromatic nitrogens is 1. The van der Waals surface area contributed by atoms with Crippen molar-refractivity contribution >= 4 is 34.8 Å². The lowest BCUT2D eigenvalue weighted by Gasteiger charge is -2.23. The molecule has 5 nitrogen and oxygen atoms in total. The molecule has 1 heterocycles. The third-order valence-electron chi connectivity index (χ3n) is 2.33. The predicted octanol–water partition coefficient (Wildman–Crippen LogP) is 1.92. The summed E-state index contributed by atoms with van der Waals surface area (Å²) < 4.78 is 5.16. The molecule has 18 heavy (non-hydrogen) atoms. The van der Waals surface area contributed by atoms with Crippen LogP contribution in [0.25, 0.3) is 0 Å². The minimum absolute atomic E-state index is 0. The number of rotatable bonds is 5. The Morgan fingerprint density at radius 3 is 2.61 bits per heavy atom. The van der Waals surface area contributed by atoms with Gasteiger partial charge in [-0.05, 0) is 27.8 Å². The minimum Gasteiger partial charge on any atom is -0.462 e. The molecule has 0 aromatic carbocycles. The number of nitrogens with zero attached hydrogens (tertiary/aromatic N) is 2. The van der Waals surface area contributed by atoms with Gasteiger partial charge < -0.3 is 10.5 Å².